The number of carbonyl (C=O) groups is 1. The maximum absolute atomic E-state index is 11.8. The summed E-state index contributed by atoms with van der Waals surface area (Å²) in [6, 6.07) is 8.64. The average Bonchev–Trinajstić information content (AvgIpc) is 2.78. The van der Waals surface area contributed by atoms with Gasteiger partial charge in [-0.2, -0.15) is 4.98 Å². The number of aliphatic hydroxyl groups is 1. The molecule has 1 aromatic carbocycles. The highest BCUT2D eigenvalue weighted by Crippen LogP contribution is 2.40. The van der Waals surface area contributed by atoms with Crippen LogP contribution in [0.3, 0.4) is 0 Å². The molecule has 1 saturated carbocycles. The van der Waals surface area contributed by atoms with E-state index in [1.807, 2.05) is 13.8 Å². The standard InChI is InChI=1S/C27H37N5O3/c1-16-30-23(28)21-24(31-16)35-27(4,5)22(32-21)20-12-10-19(11-13-20)18-8-6-17(7-9-18)14-15-29-25(33)26(2,3)34/h10-13,17-18,34H,6-9,14-15H2,1-5H3,(H,29,33)(H2,28,30,31). The fraction of sp³-hybridized carbons (Fsp3) is 0.556. The molecule has 2 aliphatic rings. The Hall–Kier alpha value is -3.00. The quantitative estimate of drug-likeness (QED) is 0.570. The first-order chi connectivity index (χ1) is 16.4. The number of nitrogen functional groups attached to an aromatic ring is 1. The Morgan fingerprint density at radius 3 is 2.46 bits per heavy atom. The van der Waals surface area contributed by atoms with Gasteiger partial charge in [-0.3, -0.25) is 4.79 Å². The first-order valence-corrected chi connectivity index (χ1v) is 12.5. The third-order valence-electron chi connectivity index (χ3n) is 7.03. The van der Waals surface area contributed by atoms with E-state index >= 15 is 0 Å². The molecule has 0 radical (unpaired) electrons. The number of fused-ring (bicyclic) bond motifs is 1. The molecule has 1 amide bonds. The molecule has 0 spiro atoms. The lowest BCUT2D eigenvalue weighted by Crippen LogP contribution is -2.42. The smallest absolute Gasteiger partial charge is 0.251 e. The molecule has 0 saturated heterocycles. The van der Waals surface area contributed by atoms with Crippen molar-refractivity contribution in [3.05, 3.63) is 41.2 Å². The number of carbonyl (C=O) groups excluding carboxylic acids is 1. The molecule has 1 aliphatic carbocycles. The first kappa shape index (κ1) is 25.1. The number of aryl methyl sites for hydroxylation is 1. The van der Waals surface area contributed by atoms with E-state index in [2.05, 4.69) is 39.6 Å². The molecule has 2 aromatic rings. The van der Waals surface area contributed by atoms with Gasteiger partial charge in [0.15, 0.2) is 11.5 Å². The summed E-state index contributed by atoms with van der Waals surface area (Å²) in [4.78, 5) is 25.2. The molecule has 4 N–H and O–H groups in total. The van der Waals surface area contributed by atoms with Crippen molar-refractivity contribution in [1.29, 1.82) is 0 Å². The minimum atomic E-state index is -1.32. The van der Waals surface area contributed by atoms with Crippen molar-refractivity contribution in [1.82, 2.24) is 15.3 Å². The average molecular weight is 480 g/mol. The summed E-state index contributed by atoms with van der Waals surface area (Å²) in [5.41, 5.74) is 7.79. The molecule has 1 fully saturated rings. The van der Waals surface area contributed by atoms with Crippen molar-refractivity contribution in [2.24, 2.45) is 10.9 Å². The number of aromatic nitrogens is 2. The monoisotopic (exact) mass is 479 g/mol. The van der Waals surface area contributed by atoms with E-state index in [1.54, 1.807) is 6.92 Å². The number of nitrogens with zero attached hydrogens (tertiary/aromatic N) is 3. The number of hydrogen-bond acceptors (Lipinski definition) is 7. The Morgan fingerprint density at radius 1 is 1.17 bits per heavy atom. The van der Waals surface area contributed by atoms with Crippen LogP contribution in [0.15, 0.2) is 29.3 Å². The van der Waals surface area contributed by atoms with E-state index in [4.69, 9.17) is 15.5 Å². The van der Waals surface area contributed by atoms with Gasteiger partial charge in [0.05, 0.1) is 5.71 Å². The number of hydrogen-bond donors (Lipinski definition) is 3. The van der Waals surface area contributed by atoms with Crippen LogP contribution < -0.4 is 15.8 Å². The van der Waals surface area contributed by atoms with Gasteiger partial charge < -0.3 is 20.9 Å². The molecule has 0 bridgehead atoms. The van der Waals surface area contributed by atoms with Gasteiger partial charge in [0.2, 0.25) is 5.88 Å². The zero-order valence-electron chi connectivity index (χ0n) is 21.4. The van der Waals surface area contributed by atoms with Crippen molar-refractivity contribution in [3.8, 4) is 5.88 Å². The number of aliphatic imine (C=N–C) groups is 1. The maximum atomic E-state index is 11.8. The number of benzene rings is 1. The number of amides is 1. The fourth-order valence-electron chi connectivity index (χ4n) is 4.99. The maximum Gasteiger partial charge on any atom is 0.251 e. The summed E-state index contributed by atoms with van der Waals surface area (Å²) in [7, 11) is 0. The van der Waals surface area contributed by atoms with E-state index in [-0.39, 0.29) is 5.91 Å². The number of ether oxygens (including phenoxy) is 1. The minimum absolute atomic E-state index is 0.309. The lowest BCUT2D eigenvalue weighted by atomic mass is 9.77. The van der Waals surface area contributed by atoms with E-state index < -0.39 is 11.2 Å². The van der Waals surface area contributed by atoms with Crippen LogP contribution >= 0.6 is 0 Å². The molecule has 188 valence electrons. The number of nitrogens with one attached hydrogen (secondary N) is 1. The highest BCUT2D eigenvalue weighted by molar-refractivity contribution is 6.09. The second-order valence-electron chi connectivity index (χ2n) is 10.8. The van der Waals surface area contributed by atoms with Gasteiger partial charge in [-0.15, -0.1) is 0 Å². The van der Waals surface area contributed by atoms with Crippen molar-refractivity contribution in [3.63, 3.8) is 0 Å². The van der Waals surface area contributed by atoms with Gasteiger partial charge >= 0.3 is 0 Å². The fourth-order valence-corrected chi connectivity index (χ4v) is 4.99. The van der Waals surface area contributed by atoms with Crippen LogP contribution in [-0.2, 0) is 4.79 Å². The Morgan fingerprint density at radius 2 is 1.83 bits per heavy atom. The molecule has 0 atom stereocenters. The molecule has 0 unspecified atom stereocenters. The van der Waals surface area contributed by atoms with Crippen molar-refractivity contribution in [2.75, 3.05) is 12.3 Å². The van der Waals surface area contributed by atoms with Gasteiger partial charge in [0.25, 0.3) is 5.91 Å². The van der Waals surface area contributed by atoms with Crippen LogP contribution in [0.5, 0.6) is 5.88 Å². The topological polar surface area (TPSA) is 123 Å². The highest BCUT2D eigenvalue weighted by Gasteiger charge is 2.35. The minimum Gasteiger partial charge on any atom is -0.463 e. The van der Waals surface area contributed by atoms with Gasteiger partial charge in [-0.1, -0.05) is 24.3 Å². The van der Waals surface area contributed by atoms with Gasteiger partial charge in [0.1, 0.15) is 17.0 Å². The lowest BCUT2D eigenvalue weighted by Gasteiger charge is -2.32. The molecule has 8 heteroatoms. The Labute approximate surface area is 207 Å². The zero-order valence-corrected chi connectivity index (χ0v) is 21.4. The molecule has 35 heavy (non-hydrogen) atoms. The number of anilines is 1. The third-order valence-corrected chi connectivity index (χ3v) is 7.03. The molecular formula is C27H37N5O3. The Bertz CT molecular complexity index is 1110. The van der Waals surface area contributed by atoms with Crippen LogP contribution in [0.25, 0.3) is 0 Å². The van der Waals surface area contributed by atoms with Crippen LogP contribution in [-0.4, -0.2) is 44.4 Å². The predicted molar refractivity (Wildman–Crippen MR) is 137 cm³/mol. The summed E-state index contributed by atoms with van der Waals surface area (Å²) >= 11 is 0. The second-order valence-corrected chi connectivity index (χ2v) is 10.8. The SMILES string of the molecule is Cc1nc(N)c2c(n1)OC(C)(C)C(c1ccc(C3CCC(CCNC(=O)C(C)(C)O)CC3)cc1)=N2. The van der Waals surface area contributed by atoms with Gasteiger partial charge in [-0.05, 0) is 84.1 Å². The second kappa shape index (κ2) is 9.57. The molecule has 1 aliphatic heterocycles. The van der Waals surface area contributed by atoms with E-state index in [0.717, 1.165) is 43.4 Å². The zero-order chi connectivity index (χ0) is 25.4. The summed E-state index contributed by atoms with van der Waals surface area (Å²) in [5, 5.41) is 12.6. The van der Waals surface area contributed by atoms with E-state index in [1.165, 1.54) is 19.4 Å². The van der Waals surface area contributed by atoms with Crippen LogP contribution in [0.4, 0.5) is 11.5 Å². The molecule has 8 nitrogen and oxygen atoms in total. The third kappa shape index (κ3) is 5.64. The molecular weight excluding hydrogens is 442 g/mol. The Balaban J connectivity index is 1.38. The first-order valence-electron chi connectivity index (χ1n) is 12.5. The normalized spacial score (nSPS) is 21.5. The van der Waals surface area contributed by atoms with Crippen molar-refractivity contribution >= 4 is 23.1 Å². The summed E-state index contributed by atoms with van der Waals surface area (Å²) in [6.07, 6.45) is 5.52. The lowest BCUT2D eigenvalue weighted by molar-refractivity contribution is -0.136. The van der Waals surface area contributed by atoms with Gasteiger partial charge in [0, 0.05) is 12.1 Å². The van der Waals surface area contributed by atoms with E-state index in [0.29, 0.717) is 41.6 Å². The summed E-state index contributed by atoms with van der Waals surface area (Å²) in [5.74, 6) is 2.16. The molecule has 1 aromatic heterocycles. The van der Waals surface area contributed by atoms with Crippen molar-refractivity contribution < 1.29 is 14.6 Å². The van der Waals surface area contributed by atoms with Crippen LogP contribution in [0.1, 0.15) is 82.7 Å². The molecule has 2 heterocycles. The molecule has 4 rings (SSSR count). The summed E-state index contributed by atoms with van der Waals surface area (Å²) in [6.45, 7) is 9.40. The summed E-state index contributed by atoms with van der Waals surface area (Å²) < 4.78 is 6.17. The Kier molecular flexibility index (Phi) is 6.86. The van der Waals surface area contributed by atoms with Crippen LogP contribution in [0.2, 0.25) is 0 Å². The largest absolute Gasteiger partial charge is 0.463 e. The van der Waals surface area contributed by atoms with E-state index in [9.17, 15) is 9.90 Å². The van der Waals surface area contributed by atoms with Crippen molar-refractivity contribution in [2.45, 2.75) is 83.8 Å². The number of rotatable bonds is 6. The predicted octanol–water partition coefficient (Wildman–Crippen LogP) is 4.21. The van der Waals surface area contributed by atoms with Crippen LogP contribution in [0, 0.1) is 12.8 Å². The van der Waals surface area contributed by atoms with Gasteiger partial charge in [-0.25, -0.2) is 9.98 Å². The number of nitrogens with two attached hydrogens (primary N) is 1. The highest BCUT2D eigenvalue weighted by atomic mass is 16.5.